The third-order valence-corrected chi connectivity index (χ3v) is 5.39. The number of carbonyl (C=O) groups excluding carboxylic acids is 1. The molecule has 0 saturated carbocycles. The van der Waals surface area contributed by atoms with Crippen molar-refractivity contribution in [2.45, 2.75) is 31.4 Å². The van der Waals surface area contributed by atoms with Gasteiger partial charge in [-0.2, -0.15) is 0 Å². The van der Waals surface area contributed by atoms with Crippen LogP contribution < -0.4 is 5.73 Å². The third kappa shape index (κ3) is 3.42. The molecule has 1 spiro atoms. The Morgan fingerprint density at radius 2 is 2.11 bits per heavy atom. The van der Waals surface area contributed by atoms with Crippen molar-refractivity contribution in [3.63, 3.8) is 0 Å². The number of fused-ring (bicyclic) bond motifs is 2. The SMILES string of the molecule is CN(C)C(=O)c1ccc(CN2CCC3(CC2)OCCc2cnc(N)nc23)o1. The highest BCUT2D eigenvalue weighted by molar-refractivity contribution is 5.91. The predicted molar refractivity (Wildman–Crippen MR) is 99.0 cm³/mol. The highest BCUT2D eigenvalue weighted by atomic mass is 16.5. The molecule has 0 bridgehead atoms. The molecule has 0 aliphatic carbocycles. The van der Waals surface area contributed by atoms with Gasteiger partial charge in [-0.15, -0.1) is 0 Å². The first kappa shape index (κ1) is 17.9. The summed E-state index contributed by atoms with van der Waals surface area (Å²) in [6.45, 7) is 3.09. The number of piperidine rings is 1. The Morgan fingerprint density at radius 1 is 1.33 bits per heavy atom. The number of furan rings is 1. The van der Waals surface area contributed by atoms with Crippen LogP contribution in [-0.4, -0.2) is 59.5 Å². The fourth-order valence-electron chi connectivity index (χ4n) is 3.89. The highest BCUT2D eigenvalue weighted by Gasteiger charge is 2.42. The zero-order valence-corrected chi connectivity index (χ0v) is 15.8. The molecular weight excluding hydrogens is 346 g/mol. The Morgan fingerprint density at radius 3 is 2.85 bits per heavy atom. The van der Waals surface area contributed by atoms with Crippen molar-refractivity contribution in [1.29, 1.82) is 0 Å². The van der Waals surface area contributed by atoms with Gasteiger partial charge in [0.15, 0.2) is 5.76 Å². The monoisotopic (exact) mass is 371 g/mol. The zero-order valence-electron chi connectivity index (χ0n) is 15.8. The number of carbonyl (C=O) groups is 1. The standard InChI is InChI=1S/C19H25N5O3/c1-23(2)17(25)15-4-3-14(27-15)12-24-8-6-19(7-9-24)16-13(5-10-26-19)11-21-18(20)22-16/h3-4,11H,5-10,12H2,1-2H3,(H2,20,21,22). The van der Waals surface area contributed by atoms with Crippen molar-refractivity contribution in [3.8, 4) is 0 Å². The van der Waals surface area contributed by atoms with Crippen molar-refractivity contribution in [2.75, 3.05) is 39.5 Å². The molecular formula is C19H25N5O3. The Bertz CT molecular complexity index is 840. The minimum Gasteiger partial charge on any atom is -0.455 e. The Hall–Kier alpha value is -2.45. The van der Waals surface area contributed by atoms with E-state index in [4.69, 9.17) is 14.9 Å². The largest absolute Gasteiger partial charge is 0.455 e. The van der Waals surface area contributed by atoms with Crippen LogP contribution in [0.2, 0.25) is 0 Å². The number of nitrogens with zero attached hydrogens (tertiary/aromatic N) is 4. The van der Waals surface area contributed by atoms with Gasteiger partial charge in [-0.3, -0.25) is 9.69 Å². The van der Waals surface area contributed by atoms with Gasteiger partial charge < -0.3 is 19.8 Å². The second-order valence-electron chi connectivity index (χ2n) is 7.44. The lowest BCUT2D eigenvalue weighted by atomic mass is 9.83. The quantitative estimate of drug-likeness (QED) is 0.871. The number of aromatic nitrogens is 2. The fourth-order valence-corrected chi connectivity index (χ4v) is 3.89. The predicted octanol–water partition coefficient (Wildman–Crippen LogP) is 1.42. The first-order valence-electron chi connectivity index (χ1n) is 9.25. The molecule has 0 radical (unpaired) electrons. The number of rotatable bonds is 3. The minimum atomic E-state index is -0.365. The normalized spacial score (nSPS) is 19.0. The molecule has 4 heterocycles. The first-order valence-corrected chi connectivity index (χ1v) is 9.25. The van der Waals surface area contributed by atoms with Gasteiger partial charge >= 0.3 is 0 Å². The molecule has 144 valence electrons. The number of hydrogen-bond acceptors (Lipinski definition) is 7. The van der Waals surface area contributed by atoms with E-state index in [1.165, 1.54) is 4.90 Å². The molecule has 27 heavy (non-hydrogen) atoms. The average molecular weight is 371 g/mol. The maximum absolute atomic E-state index is 12.0. The molecule has 2 aliphatic rings. The summed E-state index contributed by atoms with van der Waals surface area (Å²) in [4.78, 5) is 24.4. The van der Waals surface area contributed by atoms with E-state index in [9.17, 15) is 4.79 Å². The number of likely N-dealkylation sites (tertiary alicyclic amines) is 1. The Labute approximate surface area is 158 Å². The molecule has 2 aromatic heterocycles. The molecule has 1 saturated heterocycles. The van der Waals surface area contributed by atoms with Crippen LogP contribution in [0.1, 0.15) is 40.4 Å². The molecule has 8 heteroatoms. The zero-order chi connectivity index (χ0) is 19.0. The fraction of sp³-hybridized carbons (Fsp3) is 0.526. The van der Waals surface area contributed by atoms with Crippen LogP contribution in [0.25, 0.3) is 0 Å². The van der Waals surface area contributed by atoms with E-state index in [2.05, 4.69) is 14.9 Å². The summed E-state index contributed by atoms with van der Waals surface area (Å²) in [6.07, 6.45) is 4.36. The van der Waals surface area contributed by atoms with Crippen molar-refractivity contribution in [3.05, 3.63) is 41.1 Å². The summed E-state index contributed by atoms with van der Waals surface area (Å²) in [5, 5.41) is 0. The van der Waals surface area contributed by atoms with Gasteiger partial charge in [0.2, 0.25) is 5.95 Å². The first-order chi connectivity index (χ1) is 13.0. The molecule has 4 rings (SSSR count). The second kappa shape index (κ2) is 6.94. The molecule has 2 N–H and O–H groups in total. The summed E-state index contributed by atoms with van der Waals surface area (Å²) in [5.41, 5.74) is 7.55. The van der Waals surface area contributed by atoms with Crippen molar-refractivity contribution < 1.29 is 13.9 Å². The molecule has 0 unspecified atom stereocenters. The number of nitrogen functional groups attached to an aromatic ring is 1. The third-order valence-electron chi connectivity index (χ3n) is 5.39. The van der Waals surface area contributed by atoms with Crippen LogP contribution in [0.4, 0.5) is 5.95 Å². The molecule has 0 aromatic carbocycles. The number of hydrogen-bond donors (Lipinski definition) is 1. The van der Waals surface area contributed by atoms with E-state index in [0.29, 0.717) is 24.9 Å². The van der Waals surface area contributed by atoms with E-state index < -0.39 is 0 Å². The number of anilines is 1. The van der Waals surface area contributed by atoms with Gasteiger partial charge in [0, 0.05) is 33.4 Å². The van der Waals surface area contributed by atoms with E-state index in [1.54, 1.807) is 20.2 Å². The van der Waals surface area contributed by atoms with Crippen LogP contribution in [-0.2, 0) is 23.3 Å². The van der Waals surface area contributed by atoms with Gasteiger partial charge in [-0.1, -0.05) is 0 Å². The van der Waals surface area contributed by atoms with Gasteiger partial charge in [-0.25, -0.2) is 9.97 Å². The van der Waals surface area contributed by atoms with Crippen LogP contribution in [0.3, 0.4) is 0 Å². The molecule has 1 fully saturated rings. The molecule has 0 atom stereocenters. The van der Waals surface area contributed by atoms with E-state index >= 15 is 0 Å². The highest BCUT2D eigenvalue weighted by Crippen LogP contribution is 2.40. The van der Waals surface area contributed by atoms with E-state index in [1.807, 2.05) is 12.3 Å². The molecule has 8 nitrogen and oxygen atoms in total. The van der Waals surface area contributed by atoms with Crippen molar-refractivity contribution >= 4 is 11.9 Å². The second-order valence-corrected chi connectivity index (χ2v) is 7.44. The smallest absolute Gasteiger partial charge is 0.289 e. The van der Waals surface area contributed by atoms with Gasteiger partial charge in [-0.05, 0) is 37.0 Å². The van der Waals surface area contributed by atoms with Crippen LogP contribution in [0.5, 0.6) is 0 Å². The summed E-state index contributed by atoms with van der Waals surface area (Å²) in [5.74, 6) is 1.35. The lowest BCUT2D eigenvalue weighted by Gasteiger charge is -2.43. The summed E-state index contributed by atoms with van der Waals surface area (Å²) in [7, 11) is 3.43. The van der Waals surface area contributed by atoms with Crippen molar-refractivity contribution in [2.24, 2.45) is 0 Å². The topological polar surface area (TPSA) is 97.7 Å². The molecule has 2 aromatic rings. The van der Waals surface area contributed by atoms with Gasteiger partial charge in [0.05, 0.1) is 18.8 Å². The number of nitrogens with two attached hydrogens (primary N) is 1. The molecule has 1 amide bonds. The maximum atomic E-state index is 12.0. The Balaban J connectivity index is 1.43. The lowest BCUT2D eigenvalue weighted by Crippen LogP contribution is -2.47. The van der Waals surface area contributed by atoms with Gasteiger partial charge in [0.1, 0.15) is 11.4 Å². The summed E-state index contributed by atoms with van der Waals surface area (Å²) < 4.78 is 11.9. The summed E-state index contributed by atoms with van der Waals surface area (Å²) >= 11 is 0. The van der Waals surface area contributed by atoms with Crippen molar-refractivity contribution in [1.82, 2.24) is 19.8 Å². The Kier molecular flexibility index (Phi) is 4.61. The van der Waals surface area contributed by atoms with Crippen LogP contribution >= 0.6 is 0 Å². The van der Waals surface area contributed by atoms with E-state index in [-0.39, 0.29) is 11.5 Å². The van der Waals surface area contributed by atoms with E-state index in [0.717, 1.165) is 49.4 Å². The maximum Gasteiger partial charge on any atom is 0.289 e. The average Bonchev–Trinajstić information content (AvgIpc) is 3.12. The van der Waals surface area contributed by atoms with Gasteiger partial charge in [0.25, 0.3) is 5.91 Å². The minimum absolute atomic E-state index is 0.122. The number of amides is 1. The molecule has 2 aliphatic heterocycles. The number of ether oxygens (including phenoxy) is 1. The lowest BCUT2D eigenvalue weighted by molar-refractivity contribution is -0.102. The van der Waals surface area contributed by atoms with Crippen LogP contribution in [0, 0.1) is 0 Å². The summed E-state index contributed by atoms with van der Waals surface area (Å²) in [6, 6.07) is 3.62. The van der Waals surface area contributed by atoms with Crippen LogP contribution in [0.15, 0.2) is 22.7 Å².